The minimum Gasteiger partial charge on any atom is -0.444 e. The summed E-state index contributed by atoms with van der Waals surface area (Å²) in [7, 11) is 0. The maximum absolute atomic E-state index is 12.4. The van der Waals surface area contributed by atoms with Crippen molar-refractivity contribution in [1.29, 1.82) is 0 Å². The average Bonchev–Trinajstić information content (AvgIpc) is 2.63. The quantitative estimate of drug-likeness (QED) is 0.657. The van der Waals surface area contributed by atoms with Crippen LogP contribution in [0, 0.1) is 0 Å². The first kappa shape index (κ1) is 23.4. The molecule has 3 rings (SSSR count). The van der Waals surface area contributed by atoms with Crippen molar-refractivity contribution in [2.24, 2.45) is 0 Å². The van der Waals surface area contributed by atoms with Gasteiger partial charge in [0.1, 0.15) is 5.60 Å². The van der Waals surface area contributed by atoms with Crippen LogP contribution in [0.25, 0.3) is 0 Å². The maximum atomic E-state index is 12.4. The molecule has 0 N–H and O–H groups in total. The molecule has 2 fully saturated rings. The Balaban J connectivity index is 1.70. The first-order valence-corrected chi connectivity index (χ1v) is 11.5. The molecule has 30 heavy (non-hydrogen) atoms. The number of carbonyl (C=O) groups excluding carboxylic acids is 1. The summed E-state index contributed by atoms with van der Waals surface area (Å²) in [6, 6.07) is 8.85. The average molecular weight is 437 g/mol. The third kappa shape index (κ3) is 5.89. The Hall–Kier alpha value is -1.30. The molecule has 2 saturated heterocycles. The SMILES string of the molecule is C[C@H]1CN(C2CCN(C(=O)OC(C)(C)C)CC2)[C@@H](Cc2ccc(Cl)cc2)C(C)(C)O1. The normalized spacial score (nSPS) is 25.9. The number of halogens is 1. The van der Waals surface area contributed by atoms with E-state index in [0.717, 1.165) is 43.9 Å². The predicted octanol–water partition coefficient (Wildman–Crippen LogP) is 5.15. The Labute approximate surface area is 186 Å². The zero-order valence-corrected chi connectivity index (χ0v) is 20.0. The largest absolute Gasteiger partial charge is 0.444 e. The predicted molar refractivity (Wildman–Crippen MR) is 121 cm³/mol. The Morgan fingerprint density at radius 3 is 2.37 bits per heavy atom. The molecule has 1 amide bonds. The number of piperidine rings is 1. The number of hydrogen-bond donors (Lipinski definition) is 0. The summed E-state index contributed by atoms with van der Waals surface area (Å²) in [5.74, 6) is 0. The highest BCUT2D eigenvalue weighted by Crippen LogP contribution is 2.34. The zero-order valence-electron chi connectivity index (χ0n) is 19.3. The molecule has 5 nitrogen and oxygen atoms in total. The third-order valence-corrected chi connectivity index (χ3v) is 6.36. The summed E-state index contributed by atoms with van der Waals surface area (Å²) in [5.41, 5.74) is 0.563. The van der Waals surface area contributed by atoms with Crippen LogP contribution in [0.1, 0.15) is 59.9 Å². The summed E-state index contributed by atoms with van der Waals surface area (Å²) in [5, 5.41) is 0.762. The Kier molecular flexibility index (Phi) is 7.05. The standard InChI is InChI=1S/C24H37ClN2O3/c1-17-16-27(20-11-13-26(14-12-20)22(28)30-23(2,3)4)21(24(5,6)29-17)15-18-7-9-19(25)10-8-18/h7-10,17,20-21H,11-16H2,1-6H3/t17-,21-/m0/s1. The molecule has 0 spiro atoms. The van der Waals surface area contributed by atoms with Crippen molar-refractivity contribution < 1.29 is 14.3 Å². The van der Waals surface area contributed by atoms with Crippen LogP contribution >= 0.6 is 11.6 Å². The highest BCUT2D eigenvalue weighted by Gasteiger charge is 2.44. The van der Waals surface area contributed by atoms with Gasteiger partial charge in [0, 0.05) is 36.7 Å². The lowest BCUT2D eigenvalue weighted by molar-refractivity contribution is -0.176. The van der Waals surface area contributed by atoms with Crippen LogP contribution in [-0.4, -0.2) is 64.9 Å². The Bertz CT molecular complexity index is 721. The topological polar surface area (TPSA) is 42.0 Å². The summed E-state index contributed by atoms with van der Waals surface area (Å²) < 4.78 is 11.9. The highest BCUT2D eigenvalue weighted by molar-refractivity contribution is 6.30. The van der Waals surface area contributed by atoms with Crippen LogP contribution in [0.5, 0.6) is 0 Å². The number of rotatable bonds is 3. The molecule has 6 heteroatoms. The number of nitrogens with zero attached hydrogens (tertiary/aromatic N) is 2. The van der Waals surface area contributed by atoms with Gasteiger partial charge in [0.15, 0.2) is 0 Å². The van der Waals surface area contributed by atoms with Crippen molar-refractivity contribution in [1.82, 2.24) is 9.80 Å². The van der Waals surface area contributed by atoms with Gasteiger partial charge in [-0.2, -0.15) is 0 Å². The van der Waals surface area contributed by atoms with E-state index in [9.17, 15) is 4.79 Å². The van der Waals surface area contributed by atoms with Crippen LogP contribution in [0.2, 0.25) is 5.02 Å². The molecule has 0 radical (unpaired) electrons. The lowest BCUT2D eigenvalue weighted by Crippen LogP contribution is -2.64. The van der Waals surface area contributed by atoms with Crippen LogP contribution < -0.4 is 0 Å². The molecular weight excluding hydrogens is 400 g/mol. The molecule has 0 bridgehead atoms. The molecule has 1 aromatic carbocycles. The van der Waals surface area contributed by atoms with Gasteiger partial charge >= 0.3 is 6.09 Å². The summed E-state index contributed by atoms with van der Waals surface area (Å²) >= 11 is 6.08. The van der Waals surface area contributed by atoms with Crippen molar-refractivity contribution in [3.8, 4) is 0 Å². The second-order valence-electron chi connectivity index (χ2n) is 10.3. The van der Waals surface area contributed by atoms with Crippen molar-refractivity contribution >= 4 is 17.7 Å². The number of benzene rings is 1. The summed E-state index contributed by atoms with van der Waals surface area (Å²) in [4.78, 5) is 16.9. The zero-order chi connectivity index (χ0) is 22.1. The number of likely N-dealkylation sites (tertiary alicyclic amines) is 1. The van der Waals surface area contributed by atoms with Crippen molar-refractivity contribution in [2.45, 2.75) is 90.2 Å². The second-order valence-corrected chi connectivity index (χ2v) is 10.7. The molecule has 0 saturated carbocycles. The van der Waals surface area contributed by atoms with Gasteiger partial charge < -0.3 is 14.4 Å². The van der Waals surface area contributed by atoms with Crippen LogP contribution in [0.15, 0.2) is 24.3 Å². The fraction of sp³-hybridized carbons (Fsp3) is 0.708. The molecule has 2 aliphatic heterocycles. The molecule has 2 aliphatic rings. The smallest absolute Gasteiger partial charge is 0.410 e. The summed E-state index contributed by atoms with van der Waals surface area (Å²) in [6.07, 6.45) is 2.82. The maximum Gasteiger partial charge on any atom is 0.410 e. The van der Waals surface area contributed by atoms with E-state index in [2.05, 4.69) is 37.8 Å². The van der Waals surface area contributed by atoms with Crippen LogP contribution in [0.3, 0.4) is 0 Å². The van der Waals surface area contributed by atoms with E-state index in [1.807, 2.05) is 37.8 Å². The fourth-order valence-corrected chi connectivity index (χ4v) is 4.90. The van der Waals surface area contributed by atoms with E-state index in [4.69, 9.17) is 21.1 Å². The van der Waals surface area contributed by atoms with E-state index < -0.39 is 5.60 Å². The molecule has 2 atom stereocenters. The molecule has 2 heterocycles. The Morgan fingerprint density at radius 2 is 1.80 bits per heavy atom. The number of ether oxygens (including phenoxy) is 2. The summed E-state index contributed by atoms with van der Waals surface area (Å²) in [6.45, 7) is 14.7. The number of amides is 1. The first-order valence-electron chi connectivity index (χ1n) is 11.1. The number of morpholine rings is 1. The van der Waals surface area contributed by atoms with Gasteiger partial charge in [-0.1, -0.05) is 23.7 Å². The second kappa shape index (κ2) is 9.05. The van der Waals surface area contributed by atoms with Gasteiger partial charge in [0.25, 0.3) is 0 Å². The van der Waals surface area contributed by atoms with Crippen molar-refractivity contribution in [3.05, 3.63) is 34.9 Å². The minimum absolute atomic E-state index is 0.186. The van der Waals surface area contributed by atoms with Crippen molar-refractivity contribution in [3.63, 3.8) is 0 Å². The van der Waals surface area contributed by atoms with Gasteiger partial charge in [-0.05, 0) is 78.5 Å². The van der Waals surface area contributed by atoms with E-state index in [-0.39, 0.29) is 23.8 Å². The molecule has 0 unspecified atom stereocenters. The van der Waals surface area contributed by atoms with Crippen LogP contribution in [0.4, 0.5) is 4.79 Å². The van der Waals surface area contributed by atoms with Gasteiger partial charge in [0.2, 0.25) is 0 Å². The van der Waals surface area contributed by atoms with Gasteiger partial charge in [-0.3, -0.25) is 4.90 Å². The first-order chi connectivity index (χ1) is 13.9. The van der Waals surface area contributed by atoms with Crippen molar-refractivity contribution in [2.75, 3.05) is 19.6 Å². The highest BCUT2D eigenvalue weighted by atomic mass is 35.5. The van der Waals surface area contributed by atoms with Gasteiger partial charge in [0.05, 0.1) is 11.7 Å². The third-order valence-electron chi connectivity index (χ3n) is 6.10. The molecule has 0 aliphatic carbocycles. The van der Waals surface area contributed by atoms with E-state index >= 15 is 0 Å². The minimum atomic E-state index is -0.457. The number of carbonyl (C=O) groups is 1. The molecule has 168 valence electrons. The van der Waals surface area contributed by atoms with Gasteiger partial charge in [-0.25, -0.2) is 4.79 Å². The number of hydrogen-bond acceptors (Lipinski definition) is 4. The van der Waals surface area contributed by atoms with Gasteiger partial charge in [-0.15, -0.1) is 0 Å². The monoisotopic (exact) mass is 436 g/mol. The molecule has 1 aromatic rings. The molecular formula is C24H37ClN2O3. The van der Waals surface area contributed by atoms with Crippen LogP contribution in [-0.2, 0) is 15.9 Å². The van der Waals surface area contributed by atoms with E-state index in [1.165, 1.54) is 5.56 Å². The molecule has 0 aromatic heterocycles. The Morgan fingerprint density at radius 1 is 1.20 bits per heavy atom. The van der Waals surface area contributed by atoms with E-state index in [0.29, 0.717) is 6.04 Å². The fourth-order valence-electron chi connectivity index (χ4n) is 4.77. The lowest BCUT2D eigenvalue weighted by Gasteiger charge is -2.53. The lowest BCUT2D eigenvalue weighted by atomic mass is 9.86. The van der Waals surface area contributed by atoms with E-state index in [1.54, 1.807) is 0 Å².